The molecule has 4 aromatic rings. The molecule has 11 heteroatoms. The highest BCUT2D eigenvalue weighted by Crippen LogP contribution is 2.32. The van der Waals surface area contributed by atoms with Gasteiger partial charge in [-0.2, -0.15) is 10.1 Å². The van der Waals surface area contributed by atoms with Gasteiger partial charge in [-0.1, -0.05) is 0 Å². The molecule has 1 saturated heterocycles. The molecule has 0 unspecified atom stereocenters. The summed E-state index contributed by atoms with van der Waals surface area (Å²) in [7, 11) is 3.11. The quantitative estimate of drug-likeness (QED) is 0.409. The summed E-state index contributed by atoms with van der Waals surface area (Å²) in [5.41, 5.74) is 8.14. The van der Waals surface area contributed by atoms with Gasteiger partial charge < -0.3 is 26.0 Å². The molecule has 182 valence electrons. The first-order valence-corrected chi connectivity index (χ1v) is 11.3. The van der Waals surface area contributed by atoms with Gasteiger partial charge in [0.2, 0.25) is 0 Å². The maximum absolute atomic E-state index is 14.6. The van der Waals surface area contributed by atoms with E-state index in [0.717, 1.165) is 24.2 Å². The number of benzene rings is 2. The number of aromatic nitrogens is 4. The van der Waals surface area contributed by atoms with E-state index >= 15 is 0 Å². The molecule has 4 N–H and O–H groups in total. The number of rotatable bonds is 4. The predicted molar refractivity (Wildman–Crippen MR) is 133 cm³/mol. The fourth-order valence-corrected chi connectivity index (χ4v) is 4.71. The summed E-state index contributed by atoms with van der Waals surface area (Å²) in [5.74, 6) is -0.705. The number of nitrogens with two attached hydrogens (primary N) is 1. The van der Waals surface area contributed by atoms with Crippen molar-refractivity contribution < 1.29 is 13.9 Å². The summed E-state index contributed by atoms with van der Waals surface area (Å²) in [6.45, 7) is 5.89. The third-order valence-electron chi connectivity index (χ3n) is 6.23. The number of halogens is 1. The summed E-state index contributed by atoms with van der Waals surface area (Å²) < 4.78 is 21.3. The van der Waals surface area contributed by atoms with Crippen LogP contribution in [0.25, 0.3) is 21.8 Å². The minimum atomic E-state index is -0.573. The molecule has 1 aliphatic heterocycles. The van der Waals surface area contributed by atoms with E-state index in [9.17, 15) is 9.18 Å². The standard InChI is InChI=1S/C24H27FN8O2/c1-12-10-33(11-13(2)28-12)19-6-5-15(20-17(19)9-27-24(30-20)35-4)23(34)29-14-7-16-21(18(25)8-14)31-32(3)22(16)26/h5-9,12-13,28H,10-11,26H2,1-4H3,(H,29,34)/t12-,13-/m0/s1. The monoisotopic (exact) mass is 478 g/mol. The van der Waals surface area contributed by atoms with Crippen molar-refractivity contribution in [2.45, 2.75) is 25.9 Å². The molecule has 3 heterocycles. The molecule has 0 bridgehead atoms. The first-order valence-electron chi connectivity index (χ1n) is 11.3. The fourth-order valence-electron chi connectivity index (χ4n) is 4.71. The molecule has 0 saturated carbocycles. The van der Waals surface area contributed by atoms with Gasteiger partial charge in [-0.05, 0) is 38.1 Å². The van der Waals surface area contributed by atoms with Crippen molar-refractivity contribution in [1.29, 1.82) is 0 Å². The van der Waals surface area contributed by atoms with Crippen LogP contribution in [0.4, 0.5) is 21.6 Å². The van der Waals surface area contributed by atoms with Crippen LogP contribution in [-0.2, 0) is 7.05 Å². The zero-order valence-electron chi connectivity index (χ0n) is 20.0. The van der Waals surface area contributed by atoms with Gasteiger partial charge in [0, 0.05) is 60.6 Å². The van der Waals surface area contributed by atoms with Crippen molar-refractivity contribution in [2.75, 3.05) is 36.1 Å². The molecule has 0 spiro atoms. The van der Waals surface area contributed by atoms with Crippen LogP contribution in [0.2, 0.25) is 0 Å². The number of ether oxygens (including phenoxy) is 1. The third-order valence-corrected chi connectivity index (χ3v) is 6.23. The molecule has 1 amide bonds. The van der Waals surface area contributed by atoms with Gasteiger partial charge in [-0.15, -0.1) is 0 Å². The Kier molecular flexibility index (Phi) is 5.64. The molecule has 35 heavy (non-hydrogen) atoms. The van der Waals surface area contributed by atoms with Crippen LogP contribution >= 0.6 is 0 Å². The number of nitrogens with zero attached hydrogens (tertiary/aromatic N) is 5. The number of hydrogen-bond donors (Lipinski definition) is 3. The van der Waals surface area contributed by atoms with E-state index in [4.69, 9.17) is 10.5 Å². The molecule has 2 aromatic heterocycles. The van der Waals surface area contributed by atoms with Gasteiger partial charge in [0.05, 0.1) is 18.2 Å². The summed E-state index contributed by atoms with van der Waals surface area (Å²) >= 11 is 0. The van der Waals surface area contributed by atoms with Gasteiger partial charge in [0.15, 0.2) is 5.82 Å². The number of fused-ring (bicyclic) bond motifs is 2. The molecule has 10 nitrogen and oxygen atoms in total. The van der Waals surface area contributed by atoms with E-state index in [-0.39, 0.29) is 17.2 Å². The highest BCUT2D eigenvalue weighted by atomic mass is 19.1. The van der Waals surface area contributed by atoms with Crippen LogP contribution in [0, 0.1) is 5.82 Å². The number of carbonyl (C=O) groups is 1. The maximum Gasteiger partial charge on any atom is 0.316 e. The molecule has 2 aromatic carbocycles. The Morgan fingerprint density at radius 1 is 1.20 bits per heavy atom. The number of amides is 1. The Balaban J connectivity index is 1.55. The maximum atomic E-state index is 14.6. The Bertz CT molecular complexity index is 1440. The Morgan fingerprint density at radius 2 is 1.94 bits per heavy atom. The number of methoxy groups -OCH3 is 1. The van der Waals surface area contributed by atoms with E-state index in [0.29, 0.717) is 34.4 Å². The number of anilines is 3. The predicted octanol–water partition coefficient (Wildman–Crippen LogP) is 2.69. The summed E-state index contributed by atoms with van der Waals surface area (Å²) in [5, 5.41) is 11.5. The lowest BCUT2D eigenvalue weighted by Crippen LogP contribution is -2.54. The number of carbonyl (C=O) groups excluding carboxylic acids is 1. The second kappa shape index (κ2) is 8.66. The molecule has 1 aliphatic rings. The molecule has 0 radical (unpaired) electrons. The van der Waals surface area contributed by atoms with Crippen molar-refractivity contribution in [3.8, 4) is 6.01 Å². The van der Waals surface area contributed by atoms with Crippen molar-refractivity contribution in [3.05, 3.63) is 41.8 Å². The SMILES string of the molecule is COc1ncc2c(N3C[C@H](C)N[C@@H](C)C3)ccc(C(=O)Nc3cc(F)c4nn(C)c(N)c4c3)c2n1. The first-order chi connectivity index (χ1) is 16.7. The number of aryl methyl sites for hydroxylation is 1. The molecular weight excluding hydrogens is 451 g/mol. The van der Waals surface area contributed by atoms with Crippen molar-refractivity contribution in [1.82, 2.24) is 25.1 Å². The van der Waals surface area contributed by atoms with E-state index in [1.165, 1.54) is 17.9 Å². The molecule has 2 atom stereocenters. The highest BCUT2D eigenvalue weighted by molar-refractivity contribution is 6.14. The van der Waals surface area contributed by atoms with Gasteiger partial charge >= 0.3 is 6.01 Å². The first kappa shape index (κ1) is 22.8. The van der Waals surface area contributed by atoms with Crippen molar-refractivity contribution in [2.24, 2.45) is 7.05 Å². The van der Waals surface area contributed by atoms with E-state index in [1.807, 2.05) is 6.07 Å². The van der Waals surface area contributed by atoms with Gasteiger partial charge in [-0.3, -0.25) is 9.48 Å². The second-order valence-corrected chi connectivity index (χ2v) is 8.94. The van der Waals surface area contributed by atoms with Crippen LogP contribution in [0.5, 0.6) is 6.01 Å². The largest absolute Gasteiger partial charge is 0.467 e. The number of nitrogens with one attached hydrogen (secondary N) is 2. The zero-order chi connectivity index (χ0) is 24.9. The Morgan fingerprint density at radius 3 is 2.66 bits per heavy atom. The molecule has 0 aliphatic carbocycles. The van der Waals surface area contributed by atoms with E-state index in [2.05, 4.69) is 44.4 Å². The van der Waals surface area contributed by atoms with Crippen LogP contribution in [0.3, 0.4) is 0 Å². The fraction of sp³-hybridized carbons (Fsp3) is 0.333. The molecular formula is C24H27FN8O2. The van der Waals surface area contributed by atoms with Gasteiger partial charge in [-0.25, -0.2) is 9.37 Å². The lowest BCUT2D eigenvalue weighted by Gasteiger charge is -2.38. The average molecular weight is 479 g/mol. The third kappa shape index (κ3) is 4.08. The molecule has 5 rings (SSSR count). The van der Waals surface area contributed by atoms with E-state index in [1.54, 1.807) is 25.4 Å². The number of hydrogen-bond acceptors (Lipinski definition) is 8. The Labute approximate surface area is 201 Å². The van der Waals surface area contributed by atoms with Crippen LogP contribution in [-0.4, -0.2) is 57.9 Å². The van der Waals surface area contributed by atoms with Crippen molar-refractivity contribution >= 4 is 44.9 Å². The van der Waals surface area contributed by atoms with Crippen LogP contribution < -0.4 is 26.0 Å². The zero-order valence-corrected chi connectivity index (χ0v) is 20.0. The van der Waals surface area contributed by atoms with Gasteiger partial charge in [0.25, 0.3) is 5.91 Å². The summed E-state index contributed by atoms with van der Waals surface area (Å²) in [4.78, 5) is 24.4. The smallest absolute Gasteiger partial charge is 0.316 e. The normalized spacial score (nSPS) is 18.3. The lowest BCUT2D eigenvalue weighted by atomic mass is 10.0. The number of piperazine rings is 1. The average Bonchev–Trinajstić information content (AvgIpc) is 3.11. The minimum absolute atomic E-state index is 0.148. The number of nitrogen functional groups attached to an aromatic ring is 1. The van der Waals surface area contributed by atoms with Crippen LogP contribution in [0.15, 0.2) is 30.5 Å². The summed E-state index contributed by atoms with van der Waals surface area (Å²) in [6, 6.07) is 7.23. The lowest BCUT2D eigenvalue weighted by molar-refractivity contribution is 0.102. The van der Waals surface area contributed by atoms with Crippen molar-refractivity contribution in [3.63, 3.8) is 0 Å². The molecule has 1 fully saturated rings. The topological polar surface area (TPSA) is 123 Å². The second-order valence-electron chi connectivity index (χ2n) is 8.94. The van der Waals surface area contributed by atoms with Crippen LogP contribution in [0.1, 0.15) is 24.2 Å². The Hall–Kier alpha value is -3.99. The van der Waals surface area contributed by atoms with Gasteiger partial charge in [0.1, 0.15) is 11.3 Å². The highest BCUT2D eigenvalue weighted by Gasteiger charge is 2.25. The summed E-state index contributed by atoms with van der Waals surface area (Å²) in [6.07, 6.45) is 1.67. The van der Waals surface area contributed by atoms with E-state index < -0.39 is 11.7 Å². The minimum Gasteiger partial charge on any atom is -0.467 e.